The predicted molar refractivity (Wildman–Crippen MR) is 90.9 cm³/mol. The normalized spacial score (nSPS) is 18.8. The van der Waals surface area contributed by atoms with Gasteiger partial charge in [0.1, 0.15) is 5.75 Å². The summed E-state index contributed by atoms with van der Waals surface area (Å²) < 4.78 is 10.8. The molecular formula is C19H23NO3. The number of amides is 1. The Labute approximate surface area is 136 Å². The third kappa shape index (κ3) is 3.64. The van der Waals surface area contributed by atoms with Gasteiger partial charge in [-0.25, -0.2) is 0 Å². The molecule has 2 aromatic carbocycles. The van der Waals surface area contributed by atoms with E-state index in [-0.39, 0.29) is 17.9 Å². The number of carbonyl (C=O) groups excluding carboxylic acids is 1. The molecule has 1 amide bonds. The van der Waals surface area contributed by atoms with Crippen molar-refractivity contribution in [1.29, 1.82) is 0 Å². The molecule has 2 aromatic rings. The highest BCUT2D eigenvalue weighted by molar-refractivity contribution is 5.88. The first-order chi connectivity index (χ1) is 11.2. The highest BCUT2D eigenvalue weighted by Gasteiger charge is 2.19. The van der Waals surface area contributed by atoms with Crippen molar-refractivity contribution >= 4 is 16.7 Å². The zero-order chi connectivity index (χ0) is 16.2. The molecule has 1 saturated heterocycles. The highest BCUT2D eigenvalue weighted by atomic mass is 16.5. The van der Waals surface area contributed by atoms with Crippen molar-refractivity contribution in [3.63, 3.8) is 0 Å². The Morgan fingerprint density at radius 1 is 1.30 bits per heavy atom. The number of fused-ring (bicyclic) bond motifs is 1. The lowest BCUT2D eigenvalue weighted by Gasteiger charge is -2.16. The summed E-state index contributed by atoms with van der Waals surface area (Å²) in [5, 5.41) is 5.23. The van der Waals surface area contributed by atoms with E-state index in [1.807, 2.05) is 37.3 Å². The predicted octanol–water partition coefficient (Wildman–Crippen LogP) is 3.25. The molecule has 4 nitrogen and oxygen atoms in total. The van der Waals surface area contributed by atoms with Gasteiger partial charge in [-0.1, -0.05) is 24.3 Å². The molecule has 1 N–H and O–H groups in total. The Balaban J connectivity index is 1.69. The lowest BCUT2D eigenvalue weighted by molar-refractivity contribution is -0.122. The first-order valence-electron chi connectivity index (χ1n) is 8.14. The smallest absolute Gasteiger partial charge is 0.227 e. The minimum atomic E-state index is -0.178. The largest absolute Gasteiger partial charge is 0.497 e. The Morgan fingerprint density at radius 2 is 2.09 bits per heavy atom. The summed E-state index contributed by atoms with van der Waals surface area (Å²) in [4.78, 5) is 12.4. The van der Waals surface area contributed by atoms with Crippen LogP contribution in [0.4, 0.5) is 0 Å². The first-order valence-corrected chi connectivity index (χ1v) is 8.14. The Bertz CT molecular complexity index is 692. The van der Waals surface area contributed by atoms with Gasteiger partial charge >= 0.3 is 0 Å². The Hall–Kier alpha value is -2.07. The van der Waals surface area contributed by atoms with E-state index in [1.165, 1.54) is 0 Å². The zero-order valence-corrected chi connectivity index (χ0v) is 13.7. The number of hydrogen-bond acceptors (Lipinski definition) is 3. The van der Waals surface area contributed by atoms with Crippen LogP contribution in [-0.2, 0) is 9.53 Å². The van der Waals surface area contributed by atoms with Gasteiger partial charge in [-0.15, -0.1) is 0 Å². The molecule has 1 heterocycles. The summed E-state index contributed by atoms with van der Waals surface area (Å²) in [6.45, 7) is 3.35. The van der Waals surface area contributed by atoms with Gasteiger partial charge in [0.05, 0.1) is 19.1 Å². The van der Waals surface area contributed by atoms with Gasteiger partial charge in [-0.05, 0) is 48.2 Å². The third-order valence-corrected chi connectivity index (χ3v) is 4.49. The summed E-state index contributed by atoms with van der Waals surface area (Å²) in [7, 11) is 1.66. The van der Waals surface area contributed by atoms with E-state index >= 15 is 0 Å². The van der Waals surface area contributed by atoms with Crippen LogP contribution in [0.1, 0.15) is 31.2 Å². The third-order valence-electron chi connectivity index (χ3n) is 4.49. The molecule has 1 aliphatic heterocycles. The summed E-state index contributed by atoms with van der Waals surface area (Å²) in [5.41, 5.74) is 1.02. The molecule has 1 aliphatic rings. The van der Waals surface area contributed by atoms with Gasteiger partial charge in [0.15, 0.2) is 0 Å². The van der Waals surface area contributed by atoms with Crippen molar-refractivity contribution in [1.82, 2.24) is 5.32 Å². The number of carbonyl (C=O) groups is 1. The number of rotatable bonds is 5. The van der Waals surface area contributed by atoms with Gasteiger partial charge in [0.2, 0.25) is 5.91 Å². The van der Waals surface area contributed by atoms with Crippen LogP contribution in [0.25, 0.3) is 10.8 Å². The molecule has 0 aliphatic carbocycles. The average Bonchev–Trinajstić information content (AvgIpc) is 3.11. The lowest BCUT2D eigenvalue weighted by Crippen LogP contribution is -2.34. The van der Waals surface area contributed by atoms with Crippen molar-refractivity contribution in [3.8, 4) is 5.75 Å². The lowest BCUT2D eigenvalue weighted by atomic mass is 9.97. The molecule has 4 heteroatoms. The molecule has 23 heavy (non-hydrogen) atoms. The van der Waals surface area contributed by atoms with Gasteiger partial charge in [0, 0.05) is 13.2 Å². The first kappa shape index (κ1) is 15.8. The molecule has 122 valence electrons. The van der Waals surface area contributed by atoms with Gasteiger partial charge in [-0.3, -0.25) is 4.79 Å². The van der Waals surface area contributed by atoms with Crippen molar-refractivity contribution in [2.75, 3.05) is 20.3 Å². The van der Waals surface area contributed by atoms with Gasteiger partial charge in [-0.2, -0.15) is 0 Å². The van der Waals surface area contributed by atoms with E-state index in [9.17, 15) is 4.79 Å². The standard InChI is InChI=1S/C19H23NO3/c1-13(19(21)20-12-18-4-3-9-23-18)14-5-6-16-11-17(22-2)8-7-15(16)10-14/h5-8,10-11,13,18H,3-4,9,12H2,1-2H3,(H,20,21)/t13-,18-/m1/s1. The van der Waals surface area contributed by atoms with Crippen LogP contribution in [-0.4, -0.2) is 32.3 Å². The van der Waals surface area contributed by atoms with E-state index in [2.05, 4.69) is 11.4 Å². The fourth-order valence-electron chi connectivity index (χ4n) is 2.96. The molecule has 0 saturated carbocycles. The fourth-order valence-corrected chi connectivity index (χ4v) is 2.96. The van der Waals surface area contributed by atoms with Crippen LogP contribution >= 0.6 is 0 Å². The van der Waals surface area contributed by atoms with E-state index in [0.29, 0.717) is 6.54 Å². The van der Waals surface area contributed by atoms with Crippen LogP contribution < -0.4 is 10.1 Å². The molecule has 3 rings (SSSR count). The summed E-state index contributed by atoms with van der Waals surface area (Å²) in [5.74, 6) is 0.712. The maximum absolute atomic E-state index is 12.4. The van der Waals surface area contributed by atoms with Crippen LogP contribution in [0.5, 0.6) is 5.75 Å². The second-order valence-electron chi connectivity index (χ2n) is 6.07. The Kier molecular flexibility index (Phi) is 4.82. The molecule has 0 bridgehead atoms. The van der Waals surface area contributed by atoms with Crippen LogP contribution in [0.15, 0.2) is 36.4 Å². The summed E-state index contributed by atoms with van der Waals surface area (Å²) in [6, 6.07) is 12.1. The van der Waals surface area contributed by atoms with E-state index in [0.717, 1.165) is 41.5 Å². The van der Waals surface area contributed by atoms with Crippen molar-refractivity contribution in [2.24, 2.45) is 0 Å². The van der Waals surface area contributed by atoms with Crippen molar-refractivity contribution < 1.29 is 14.3 Å². The summed E-state index contributed by atoms with van der Waals surface area (Å²) >= 11 is 0. The molecule has 1 fully saturated rings. The maximum atomic E-state index is 12.4. The summed E-state index contributed by atoms with van der Waals surface area (Å²) in [6.07, 6.45) is 2.30. The topological polar surface area (TPSA) is 47.6 Å². The molecule has 0 radical (unpaired) electrons. The number of benzene rings is 2. The van der Waals surface area contributed by atoms with E-state index in [4.69, 9.17) is 9.47 Å². The van der Waals surface area contributed by atoms with E-state index in [1.54, 1.807) is 7.11 Å². The second-order valence-corrected chi connectivity index (χ2v) is 6.07. The van der Waals surface area contributed by atoms with Gasteiger partial charge in [0.25, 0.3) is 0 Å². The SMILES string of the molecule is COc1ccc2cc([C@@H](C)C(=O)NC[C@H]3CCCO3)ccc2c1. The number of nitrogens with one attached hydrogen (secondary N) is 1. The van der Waals surface area contributed by atoms with Crippen molar-refractivity contribution in [2.45, 2.75) is 31.8 Å². The average molecular weight is 313 g/mol. The van der Waals surface area contributed by atoms with Crippen LogP contribution in [0, 0.1) is 0 Å². The number of hydrogen-bond donors (Lipinski definition) is 1. The zero-order valence-electron chi connectivity index (χ0n) is 13.7. The van der Waals surface area contributed by atoms with E-state index < -0.39 is 0 Å². The number of ether oxygens (including phenoxy) is 2. The highest BCUT2D eigenvalue weighted by Crippen LogP contribution is 2.25. The fraction of sp³-hybridized carbons (Fsp3) is 0.421. The quantitative estimate of drug-likeness (QED) is 0.922. The molecule has 2 atom stereocenters. The maximum Gasteiger partial charge on any atom is 0.227 e. The molecule has 0 unspecified atom stereocenters. The monoisotopic (exact) mass is 313 g/mol. The minimum absolute atomic E-state index is 0.0494. The van der Waals surface area contributed by atoms with Gasteiger partial charge < -0.3 is 14.8 Å². The van der Waals surface area contributed by atoms with Crippen LogP contribution in [0.2, 0.25) is 0 Å². The Morgan fingerprint density at radius 3 is 2.83 bits per heavy atom. The molecule has 0 spiro atoms. The number of methoxy groups -OCH3 is 1. The molecule has 0 aromatic heterocycles. The van der Waals surface area contributed by atoms with Crippen LogP contribution in [0.3, 0.4) is 0 Å². The second kappa shape index (κ2) is 7.01. The molecular weight excluding hydrogens is 290 g/mol. The minimum Gasteiger partial charge on any atom is -0.497 e. The van der Waals surface area contributed by atoms with Crippen molar-refractivity contribution in [3.05, 3.63) is 42.0 Å².